The fourth-order valence-corrected chi connectivity index (χ4v) is 5.43. The van der Waals surface area contributed by atoms with Crippen molar-refractivity contribution in [3.63, 3.8) is 0 Å². The first-order chi connectivity index (χ1) is 17.3. The molecular weight excluding hydrogens is 490 g/mol. The second-order valence-corrected chi connectivity index (χ2v) is 11.4. The van der Waals surface area contributed by atoms with Crippen LogP contribution in [-0.4, -0.2) is 25.6 Å². The zero-order valence-electron chi connectivity index (χ0n) is 20.4. The second-order valence-electron chi connectivity index (χ2n) is 9.49. The van der Waals surface area contributed by atoms with E-state index in [1.807, 2.05) is 36.0 Å². The molecule has 0 aliphatic rings. The number of carboxylic acid groups (broad SMARTS) is 1. The van der Waals surface area contributed by atoms with Gasteiger partial charge in [-0.15, -0.1) is 22.7 Å². The van der Waals surface area contributed by atoms with E-state index in [1.54, 1.807) is 36.5 Å². The highest BCUT2D eigenvalue weighted by atomic mass is 32.1. The van der Waals surface area contributed by atoms with Gasteiger partial charge in [0.15, 0.2) is 0 Å². The third kappa shape index (κ3) is 5.20. The minimum absolute atomic E-state index is 0.418. The van der Waals surface area contributed by atoms with Crippen LogP contribution in [0.5, 0.6) is 5.75 Å². The van der Waals surface area contributed by atoms with Crippen molar-refractivity contribution in [1.29, 1.82) is 0 Å². The van der Waals surface area contributed by atoms with E-state index in [2.05, 4.69) is 50.9 Å². The minimum Gasteiger partial charge on any atom is -0.487 e. The van der Waals surface area contributed by atoms with Crippen molar-refractivity contribution in [2.45, 2.75) is 40.3 Å². The molecule has 0 saturated heterocycles. The second kappa shape index (κ2) is 9.87. The number of hydrogen-bond donors (Lipinski definition) is 1. The van der Waals surface area contributed by atoms with E-state index in [9.17, 15) is 9.90 Å². The summed E-state index contributed by atoms with van der Waals surface area (Å²) >= 11 is 3.23. The molecule has 1 N–H and O–H groups in total. The summed E-state index contributed by atoms with van der Waals surface area (Å²) in [6.07, 6.45) is 2.23. The van der Waals surface area contributed by atoms with Crippen LogP contribution in [0.1, 0.15) is 35.8 Å². The highest BCUT2D eigenvalue weighted by Gasteiger charge is 2.29. The molecule has 3 heterocycles. The molecule has 0 spiro atoms. The first-order valence-corrected chi connectivity index (χ1v) is 13.4. The van der Waals surface area contributed by atoms with E-state index in [0.717, 1.165) is 49.2 Å². The molecular formula is C28H27N3O3S2. The zero-order chi connectivity index (χ0) is 25.3. The third-order valence-corrected chi connectivity index (χ3v) is 7.83. The Morgan fingerprint density at radius 1 is 1.11 bits per heavy atom. The summed E-state index contributed by atoms with van der Waals surface area (Å²) in [6.45, 7) is 6.58. The molecule has 0 saturated carbocycles. The van der Waals surface area contributed by atoms with Crippen molar-refractivity contribution in [1.82, 2.24) is 14.5 Å². The summed E-state index contributed by atoms with van der Waals surface area (Å²) in [5, 5.41) is 16.8. The van der Waals surface area contributed by atoms with Crippen molar-refractivity contribution in [2.75, 3.05) is 0 Å². The summed E-state index contributed by atoms with van der Waals surface area (Å²) in [5.74, 6) is -0.0446. The molecule has 0 aliphatic carbocycles. The number of fused-ring (bicyclic) bond motifs is 1. The Labute approximate surface area is 217 Å². The molecule has 36 heavy (non-hydrogen) atoms. The molecule has 8 heteroatoms. The lowest BCUT2D eigenvalue weighted by Crippen LogP contribution is -2.27. The SMILES string of the molecule is Cc1nc(COc2ccc3c(c2)cc(CC(C)(C)C(=O)O)n3Cc2ccc(-c3nccs3)cc2)cs1. The molecule has 0 unspecified atom stereocenters. The lowest BCUT2D eigenvalue weighted by atomic mass is 9.88. The van der Waals surface area contributed by atoms with Crippen molar-refractivity contribution in [3.8, 4) is 16.3 Å². The largest absolute Gasteiger partial charge is 0.487 e. The van der Waals surface area contributed by atoms with E-state index in [-0.39, 0.29) is 0 Å². The molecule has 5 aromatic rings. The van der Waals surface area contributed by atoms with Crippen molar-refractivity contribution in [2.24, 2.45) is 5.41 Å². The van der Waals surface area contributed by atoms with Gasteiger partial charge in [-0.1, -0.05) is 24.3 Å². The van der Waals surface area contributed by atoms with Crippen LogP contribution in [-0.2, 0) is 24.4 Å². The zero-order valence-corrected chi connectivity index (χ0v) is 22.0. The Morgan fingerprint density at radius 2 is 1.92 bits per heavy atom. The average molecular weight is 518 g/mol. The van der Waals surface area contributed by atoms with Crippen molar-refractivity contribution in [3.05, 3.63) is 87.4 Å². The monoisotopic (exact) mass is 517 g/mol. The van der Waals surface area contributed by atoms with Crippen LogP contribution < -0.4 is 4.74 Å². The highest BCUT2D eigenvalue weighted by molar-refractivity contribution is 7.13. The minimum atomic E-state index is -0.886. The Balaban J connectivity index is 1.45. The first-order valence-electron chi connectivity index (χ1n) is 11.7. The fourth-order valence-electron chi connectivity index (χ4n) is 4.19. The van der Waals surface area contributed by atoms with E-state index in [0.29, 0.717) is 19.6 Å². The summed E-state index contributed by atoms with van der Waals surface area (Å²) in [4.78, 5) is 20.7. The van der Waals surface area contributed by atoms with Gasteiger partial charge in [0.2, 0.25) is 0 Å². The first kappa shape index (κ1) is 24.2. The van der Waals surface area contributed by atoms with Crippen LogP contribution in [0.25, 0.3) is 21.5 Å². The predicted molar refractivity (Wildman–Crippen MR) is 145 cm³/mol. The molecule has 0 aliphatic heterocycles. The number of carboxylic acids is 1. The van der Waals surface area contributed by atoms with Crippen LogP contribution in [0.4, 0.5) is 0 Å². The lowest BCUT2D eigenvalue weighted by Gasteiger charge is -2.21. The number of aryl methyl sites for hydroxylation is 1. The summed E-state index contributed by atoms with van der Waals surface area (Å²) in [7, 11) is 0. The van der Waals surface area contributed by atoms with Gasteiger partial charge in [0.05, 0.1) is 16.1 Å². The molecule has 0 radical (unpaired) electrons. The van der Waals surface area contributed by atoms with Crippen LogP contribution in [0.15, 0.2) is 65.5 Å². The van der Waals surface area contributed by atoms with Gasteiger partial charge in [0.1, 0.15) is 17.4 Å². The smallest absolute Gasteiger partial charge is 0.309 e. The Bertz CT molecular complexity index is 1500. The van der Waals surface area contributed by atoms with Gasteiger partial charge in [0.25, 0.3) is 0 Å². The van der Waals surface area contributed by atoms with Crippen molar-refractivity contribution < 1.29 is 14.6 Å². The molecule has 5 rings (SSSR count). The number of rotatable bonds is 9. The summed E-state index contributed by atoms with van der Waals surface area (Å²) in [6, 6.07) is 16.5. The molecule has 6 nitrogen and oxygen atoms in total. The number of aromatic nitrogens is 3. The van der Waals surface area contributed by atoms with Gasteiger partial charge in [-0.05, 0) is 50.6 Å². The number of nitrogens with zero attached hydrogens (tertiary/aromatic N) is 3. The van der Waals surface area contributed by atoms with Crippen LogP contribution in [0, 0.1) is 12.3 Å². The highest BCUT2D eigenvalue weighted by Crippen LogP contribution is 2.31. The maximum atomic E-state index is 11.9. The molecule has 2 aromatic carbocycles. The number of hydrogen-bond acceptors (Lipinski definition) is 6. The van der Waals surface area contributed by atoms with Gasteiger partial charge >= 0.3 is 5.97 Å². The molecule has 0 amide bonds. The standard InChI is InChI=1S/C28H27N3O3S2/c1-18-30-22(17-36-18)16-34-24-8-9-25-21(13-24)12-23(14-28(2,3)27(32)33)31(25)15-19-4-6-20(7-5-19)26-29-10-11-35-26/h4-13,17H,14-16H2,1-3H3,(H,32,33). The van der Waals surface area contributed by atoms with E-state index < -0.39 is 11.4 Å². The quantitative estimate of drug-likeness (QED) is 0.232. The fraction of sp³-hybridized carbons (Fsp3) is 0.250. The lowest BCUT2D eigenvalue weighted by molar-refractivity contribution is -0.146. The van der Waals surface area contributed by atoms with Gasteiger partial charge in [-0.25, -0.2) is 9.97 Å². The van der Waals surface area contributed by atoms with E-state index in [1.165, 1.54) is 0 Å². The third-order valence-electron chi connectivity index (χ3n) is 6.19. The average Bonchev–Trinajstić information content (AvgIpc) is 3.59. The van der Waals surface area contributed by atoms with Gasteiger partial charge in [-0.2, -0.15) is 0 Å². The van der Waals surface area contributed by atoms with Gasteiger partial charge in [0, 0.05) is 52.1 Å². The van der Waals surface area contributed by atoms with Crippen LogP contribution in [0.3, 0.4) is 0 Å². The molecule has 184 valence electrons. The summed E-state index contributed by atoms with van der Waals surface area (Å²) < 4.78 is 8.22. The number of benzene rings is 2. The maximum absolute atomic E-state index is 11.9. The normalized spacial score (nSPS) is 11.8. The number of thiazole rings is 2. The summed E-state index contributed by atoms with van der Waals surface area (Å²) in [5.41, 5.74) is 4.29. The predicted octanol–water partition coefficient (Wildman–Crippen LogP) is 6.81. The van der Waals surface area contributed by atoms with Crippen LogP contribution >= 0.6 is 22.7 Å². The molecule has 0 fully saturated rings. The Hall–Kier alpha value is -3.49. The number of carbonyl (C=O) groups is 1. The van der Waals surface area contributed by atoms with E-state index >= 15 is 0 Å². The molecule has 0 atom stereocenters. The number of aliphatic carboxylic acids is 1. The maximum Gasteiger partial charge on any atom is 0.309 e. The topological polar surface area (TPSA) is 77.2 Å². The molecule has 0 bridgehead atoms. The van der Waals surface area contributed by atoms with Gasteiger partial charge in [-0.3, -0.25) is 4.79 Å². The van der Waals surface area contributed by atoms with Crippen LogP contribution in [0.2, 0.25) is 0 Å². The number of ether oxygens (including phenoxy) is 1. The van der Waals surface area contributed by atoms with Gasteiger partial charge < -0.3 is 14.4 Å². The molecule has 3 aromatic heterocycles. The Kier molecular flexibility index (Phi) is 6.64. The van der Waals surface area contributed by atoms with E-state index in [4.69, 9.17) is 4.74 Å². The van der Waals surface area contributed by atoms with Crippen molar-refractivity contribution >= 4 is 39.5 Å². The Morgan fingerprint density at radius 3 is 2.58 bits per heavy atom.